The molecule has 0 bridgehead atoms. The second-order valence-corrected chi connectivity index (χ2v) is 2.18. The van der Waals surface area contributed by atoms with Gasteiger partial charge in [0.15, 0.2) is 0 Å². The Labute approximate surface area is 63.0 Å². The molecule has 0 spiro atoms. The smallest absolute Gasteiger partial charge is 0.333 e. The molecule has 0 aliphatic carbocycles. The van der Waals surface area contributed by atoms with Gasteiger partial charge in [0, 0.05) is 10.9 Å². The van der Waals surface area contributed by atoms with Crippen LogP contribution in [-0.4, -0.2) is 18.4 Å². The molecule has 0 aromatic rings. The van der Waals surface area contributed by atoms with E-state index in [1.165, 1.54) is 7.11 Å². The second-order valence-electron chi connectivity index (χ2n) is 1.53. The zero-order valence-electron chi connectivity index (χ0n) is 5.48. The van der Waals surface area contributed by atoms with Crippen molar-refractivity contribution in [3.05, 3.63) is 11.6 Å². The number of hydrogen-bond donors (Lipinski definition) is 0. The molecule has 0 aliphatic rings. The SMILES string of the molecule is COC(=O)/C(C)=C/CBr. The highest BCUT2D eigenvalue weighted by Crippen LogP contribution is 1.96. The van der Waals surface area contributed by atoms with Crippen molar-refractivity contribution < 1.29 is 9.53 Å². The maximum absolute atomic E-state index is 10.6. The number of halogens is 1. The van der Waals surface area contributed by atoms with E-state index in [-0.39, 0.29) is 5.97 Å². The Morgan fingerprint density at radius 2 is 2.33 bits per heavy atom. The van der Waals surface area contributed by atoms with Crippen molar-refractivity contribution >= 4 is 21.9 Å². The average Bonchev–Trinajstić information content (AvgIpc) is 1.87. The molecule has 0 aromatic heterocycles. The number of allylic oxidation sites excluding steroid dienone is 1. The van der Waals surface area contributed by atoms with Crippen LogP contribution < -0.4 is 0 Å². The summed E-state index contributed by atoms with van der Waals surface area (Å²) in [5, 5.41) is 0.688. The molecule has 0 radical (unpaired) electrons. The Balaban J connectivity index is 3.86. The minimum Gasteiger partial charge on any atom is -0.466 e. The molecule has 0 saturated heterocycles. The number of rotatable bonds is 2. The van der Waals surface area contributed by atoms with E-state index in [2.05, 4.69) is 20.7 Å². The highest BCUT2D eigenvalue weighted by atomic mass is 79.9. The zero-order valence-corrected chi connectivity index (χ0v) is 7.06. The van der Waals surface area contributed by atoms with Crippen LogP contribution in [0.2, 0.25) is 0 Å². The molecule has 0 rings (SSSR count). The van der Waals surface area contributed by atoms with Gasteiger partial charge in [0.25, 0.3) is 0 Å². The van der Waals surface area contributed by atoms with Crippen molar-refractivity contribution in [2.75, 3.05) is 12.4 Å². The van der Waals surface area contributed by atoms with E-state index in [1.54, 1.807) is 13.0 Å². The van der Waals surface area contributed by atoms with Gasteiger partial charge in [-0.3, -0.25) is 0 Å². The first-order valence-electron chi connectivity index (χ1n) is 2.53. The molecule has 0 atom stereocenters. The minimum absolute atomic E-state index is 0.269. The van der Waals surface area contributed by atoms with Gasteiger partial charge in [0.2, 0.25) is 0 Å². The summed E-state index contributed by atoms with van der Waals surface area (Å²) < 4.78 is 4.44. The van der Waals surface area contributed by atoms with E-state index in [1.807, 2.05) is 0 Å². The Kier molecular flexibility index (Phi) is 4.40. The first-order chi connectivity index (χ1) is 4.22. The van der Waals surface area contributed by atoms with E-state index < -0.39 is 0 Å². The molecule has 0 aliphatic heterocycles. The van der Waals surface area contributed by atoms with Gasteiger partial charge in [-0.2, -0.15) is 0 Å². The van der Waals surface area contributed by atoms with Crippen LogP contribution >= 0.6 is 15.9 Å². The van der Waals surface area contributed by atoms with Gasteiger partial charge >= 0.3 is 5.97 Å². The van der Waals surface area contributed by atoms with Crippen molar-refractivity contribution in [3.63, 3.8) is 0 Å². The number of alkyl halides is 1. The second kappa shape index (κ2) is 4.56. The molecule has 0 amide bonds. The normalized spacial score (nSPS) is 11.2. The molecule has 2 nitrogen and oxygen atoms in total. The van der Waals surface area contributed by atoms with Crippen LogP contribution in [-0.2, 0) is 9.53 Å². The van der Waals surface area contributed by atoms with Crippen molar-refractivity contribution in [2.45, 2.75) is 6.92 Å². The largest absolute Gasteiger partial charge is 0.466 e. The van der Waals surface area contributed by atoms with Crippen LogP contribution in [0.1, 0.15) is 6.92 Å². The number of ether oxygens (including phenoxy) is 1. The Hall–Kier alpha value is -0.310. The predicted octanol–water partition coefficient (Wildman–Crippen LogP) is 1.50. The van der Waals surface area contributed by atoms with Crippen LogP contribution in [0.15, 0.2) is 11.6 Å². The summed E-state index contributed by atoms with van der Waals surface area (Å²) in [7, 11) is 1.37. The van der Waals surface area contributed by atoms with Crippen LogP contribution in [0.25, 0.3) is 0 Å². The molecular weight excluding hydrogens is 184 g/mol. The molecule has 0 unspecified atom stereocenters. The predicted molar refractivity (Wildman–Crippen MR) is 39.6 cm³/mol. The van der Waals surface area contributed by atoms with E-state index in [0.717, 1.165) is 0 Å². The summed E-state index contributed by atoms with van der Waals surface area (Å²) >= 11 is 3.16. The van der Waals surface area contributed by atoms with Gasteiger partial charge in [0.05, 0.1) is 7.11 Å². The van der Waals surface area contributed by atoms with Gasteiger partial charge in [0.1, 0.15) is 0 Å². The molecule has 0 saturated carbocycles. The molecule has 3 heteroatoms. The van der Waals surface area contributed by atoms with Gasteiger partial charge in [-0.1, -0.05) is 22.0 Å². The quantitative estimate of drug-likeness (QED) is 0.377. The van der Waals surface area contributed by atoms with Crippen LogP contribution in [0.5, 0.6) is 0 Å². The molecular formula is C6H9BrO2. The van der Waals surface area contributed by atoms with E-state index in [9.17, 15) is 4.79 Å². The van der Waals surface area contributed by atoms with Gasteiger partial charge < -0.3 is 4.74 Å². The minimum atomic E-state index is -0.269. The lowest BCUT2D eigenvalue weighted by Gasteiger charge is -1.94. The lowest BCUT2D eigenvalue weighted by atomic mass is 10.3. The Morgan fingerprint density at radius 1 is 1.78 bits per heavy atom. The summed E-state index contributed by atoms with van der Waals surface area (Å²) in [6, 6.07) is 0. The molecule has 0 heterocycles. The molecule has 0 fully saturated rings. The standard InChI is InChI=1S/C6H9BrO2/c1-5(3-4-7)6(8)9-2/h3H,4H2,1-2H3/b5-3+. The van der Waals surface area contributed by atoms with Crippen molar-refractivity contribution in [2.24, 2.45) is 0 Å². The Bertz CT molecular complexity index is 129. The molecule has 0 N–H and O–H groups in total. The summed E-state index contributed by atoms with van der Waals surface area (Å²) in [5.41, 5.74) is 0.634. The molecule has 9 heavy (non-hydrogen) atoms. The van der Waals surface area contributed by atoms with Gasteiger partial charge in [-0.15, -0.1) is 0 Å². The fraction of sp³-hybridized carbons (Fsp3) is 0.500. The molecule has 52 valence electrons. The van der Waals surface area contributed by atoms with E-state index in [0.29, 0.717) is 10.9 Å². The number of carbonyl (C=O) groups is 1. The summed E-state index contributed by atoms with van der Waals surface area (Å²) in [4.78, 5) is 10.6. The van der Waals surface area contributed by atoms with Crippen LogP contribution in [0.3, 0.4) is 0 Å². The summed E-state index contributed by atoms with van der Waals surface area (Å²) in [5.74, 6) is -0.269. The average molecular weight is 193 g/mol. The fourth-order valence-corrected chi connectivity index (χ4v) is 0.846. The van der Waals surface area contributed by atoms with Crippen molar-refractivity contribution in [1.29, 1.82) is 0 Å². The number of hydrogen-bond acceptors (Lipinski definition) is 2. The summed E-state index contributed by atoms with van der Waals surface area (Å²) in [6.45, 7) is 1.72. The third kappa shape index (κ3) is 3.30. The number of methoxy groups -OCH3 is 1. The highest BCUT2D eigenvalue weighted by Gasteiger charge is 1.99. The topological polar surface area (TPSA) is 26.3 Å². The van der Waals surface area contributed by atoms with Crippen LogP contribution in [0, 0.1) is 0 Å². The van der Waals surface area contributed by atoms with Crippen molar-refractivity contribution in [3.8, 4) is 0 Å². The van der Waals surface area contributed by atoms with E-state index >= 15 is 0 Å². The first-order valence-corrected chi connectivity index (χ1v) is 3.65. The number of esters is 1. The van der Waals surface area contributed by atoms with E-state index in [4.69, 9.17) is 0 Å². The maximum Gasteiger partial charge on any atom is 0.333 e. The Morgan fingerprint density at radius 3 is 2.67 bits per heavy atom. The lowest BCUT2D eigenvalue weighted by Crippen LogP contribution is -2.01. The monoisotopic (exact) mass is 192 g/mol. The first kappa shape index (κ1) is 8.69. The third-order valence-corrected chi connectivity index (χ3v) is 1.21. The van der Waals surface area contributed by atoms with Gasteiger partial charge in [-0.25, -0.2) is 4.79 Å². The van der Waals surface area contributed by atoms with Gasteiger partial charge in [-0.05, 0) is 6.92 Å². The lowest BCUT2D eigenvalue weighted by molar-refractivity contribution is -0.136. The van der Waals surface area contributed by atoms with Crippen LogP contribution in [0.4, 0.5) is 0 Å². The molecule has 0 aromatic carbocycles. The zero-order chi connectivity index (χ0) is 7.28. The number of carbonyl (C=O) groups excluding carboxylic acids is 1. The fourth-order valence-electron chi connectivity index (χ4n) is 0.360. The van der Waals surface area contributed by atoms with Crippen molar-refractivity contribution in [1.82, 2.24) is 0 Å². The third-order valence-electron chi connectivity index (χ3n) is 0.891. The summed E-state index contributed by atoms with van der Waals surface area (Å²) in [6.07, 6.45) is 1.76. The maximum atomic E-state index is 10.6. The highest BCUT2D eigenvalue weighted by molar-refractivity contribution is 9.09.